The van der Waals surface area contributed by atoms with Gasteiger partial charge in [0.25, 0.3) is 0 Å². The van der Waals surface area contributed by atoms with Crippen molar-refractivity contribution in [1.82, 2.24) is 20.4 Å². The van der Waals surface area contributed by atoms with Crippen molar-refractivity contribution in [3.8, 4) is 5.75 Å². The van der Waals surface area contributed by atoms with E-state index >= 15 is 0 Å². The van der Waals surface area contributed by atoms with E-state index in [1.807, 2.05) is 7.05 Å². The normalized spacial score (nSPS) is 18.0. The van der Waals surface area contributed by atoms with Crippen LogP contribution in [0.5, 0.6) is 5.75 Å². The molecule has 0 radical (unpaired) electrons. The predicted molar refractivity (Wildman–Crippen MR) is 136 cm³/mol. The molecule has 2 N–H and O–H groups in total. The van der Waals surface area contributed by atoms with Crippen LogP contribution >= 0.6 is 24.0 Å². The van der Waals surface area contributed by atoms with Crippen LogP contribution in [0.15, 0.2) is 23.2 Å². The van der Waals surface area contributed by atoms with Crippen molar-refractivity contribution in [3.63, 3.8) is 0 Å². The van der Waals surface area contributed by atoms with Gasteiger partial charge < -0.3 is 25.2 Å². The Balaban J connectivity index is 0.00000320. The summed E-state index contributed by atoms with van der Waals surface area (Å²) in [4.78, 5) is 9.35. The number of ether oxygens (including phenoxy) is 1. The van der Waals surface area contributed by atoms with E-state index in [2.05, 4.69) is 57.6 Å². The highest BCUT2D eigenvalue weighted by Crippen LogP contribution is 2.30. The quantitative estimate of drug-likeness (QED) is 0.211. The molecule has 1 aromatic carbocycles. The Bertz CT molecular complexity index is 657. The fraction of sp³-hybridized carbons (Fsp3) is 0.696. The smallest absolute Gasteiger partial charge is 0.191 e. The predicted octanol–water partition coefficient (Wildman–Crippen LogP) is 3.09. The number of benzene rings is 1. The minimum absolute atomic E-state index is 0. The number of aliphatic imine (C=N–C) groups is 1. The van der Waals surface area contributed by atoms with Gasteiger partial charge in [0.05, 0.1) is 6.61 Å². The minimum atomic E-state index is 0. The van der Waals surface area contributed by atoms with E-state index in [1.165, 1.54) is 63.1 Å². The van der Waals surface area contributed by atoms with Gasteiger partial charge in [-0.2, -0.15) is 0 Å². The highest BCUT2D eigenvalue weighted by Gasteiger charge is 2.22. The average Bonchev–Trinajstić information content (AvgIpc) is 3.55. The lowest BCUT2D eigenvalue weighted by molar-refractivity contribution is 0.152. The van der Waals surface area contributed by atoms with E-state index in [0.717, 1.165) is 43.7 Å². The summed E-state index contributed by atoms with van der Waals surface area (Å²) in [6.45, 7) is 10.6. The van der Waals surface area contributed by atoms with Crippen molar-refractivity contribution in [2.24, 2.45) is 10.9 Å². The van der Waals surface area contributed by atoms with E-state index in [9.17, 15) is 0 Å². The highest BCUT2D eigenvalue weighted by atomic mass is 127. The molecule has 1 saturated carbocycles. The molecule has 1 saturated heterocycles. The second-order valence-corrected chi connectivity index (χ2v) is 8.57. The van der Waals surface area contributed by atoms with Gasteiger partial charge in [-0.05, 0) is 63.7 Å². The minimum Gasteiger partial charge on any atom is -0.493 e. The van der Waals surface area contributed by atoms with E-state index in [4.69, 9.17) is 4.74 Å². The van der Waals surface area contributed by atoms with Crippen molar-refractivity contribution in [2.75, 3.05) is 60.0 Å². The van der Waals surface area contributed by atoms with Crippen LogP contribution in [0.2, 0.25) is 0 Å². The second kappa shape index (κ2) is 13.4. The summed E-state index contributed by atoms with van der Waals surface area (Å²) < 4.78 is 6.08. The molecular weight excluding hydrogens is 489 g/mol. The van der Waals surface area contributed by atoms with Crippen molar-refractivity contribution in [3.05, 3.63) is 29.3 Å². The van der Waals surface area contributed by atoms with Crippen LogP contribution in [0.3, 0.4) is 0 Å². The highest BCUT2D eigenvalue weighted by molar-refractivity contribution is 14.0. The molecule has 0 aromatic heterocycles. The largest absolute Gasteiger partial charge is 0.493 e. The number of rotatable bonds is 10. The molecule has 30 heavy (non-hydrogen) atoms. The van der Waals surface area contributed by atoms with Crippen molar-refractivity contribution in [2.45, 2.75) is 39.2 Å². The van der Waals surface area contributed by atoms with Crippen LogP contribution < -0.4 is 15.4 Å². The zero-order valence-corrected chi connectivity index (χ0v) is 21.3. The first kappa shape index (κ1) is 25.2. The molecular formula is C23H40IN5O. The van der Waals surface area contributed by atoms with E-state index < -0.39 is 0 Å². The summed E-state index contributed by atoms with van der Waals surface area (Å²) in [6, 6.07) is 6.46. The van der Waals surface area contributed by atoms with Crippen LogP contribution in [0, 0.1) is 12.8 Å². The van der Waals surface area contributed by atoms with Crippen molar-refractivity contribution >= 4 is 29.9 Å². The average molecular weight is 530 g/mol. The van der Waals surface area contributed by atoms with Crippen LogP contribution in [0.25, 0.3) is 0 Å². The summed E-state index contributed by atoms with van der Waals surface area (Å²) in [7, 11) is 4.04. The summed E-state index contributed by atoms with van der Waals surface area (Å²) in [5, 5.41) is 6.88. The topological polar surface area (TPSA) is 52.1 Å². The Morgan fingerprint density at radius 1 is 1.13 bits per heavy atom. The molecule has 1 aliphatic carbocycles. The van der Waals surface area contributed by atoms with E-state index in [-0.39, 0.29) is 24.0 Å². The molecule has 1 aliphatic heterocycles. The van der Waals surface area contributed by atoms with E-state index in [1.54, 1.807) is 0 Å². The number of piperazine rings is 1. The number of halogens is 1. The monoisotopic (exact) mass is 529 g/mol. The van der Waals surface area contributed by atoms with Gasteiger partial charge in [-0.3, -0.25) is 4.99 Å². The van der Waals surface area contributed by atoms with Gasteiger partial charge in [-0.15, -0.1) is 24.0 Å². The molecule has 3 rings (SSSR count). The molecule has 0 bridgehead atoms. The number of hydrogen-bond donors (Lipinski definition) is 2. The molecule has 1 heterocycles. The van der Waals surface area contributed by atoms with Crippen LogP contribution in [-0.4, -0.2) is 75.7 Å². The van der Waals surface area contributed by atoms with Gasteiger partial charge in [0.1, 0.15) is 5.75 Å². The van der Waals surface area contributed by atoms with Gasteiger partial charge in [-0.25, -0.2) is 0 Å². The summed E-state index contributed by atoms with van der Waals surface area (Å²) in [5.74, 6) is 2.63. The molecule has 2 aliphatic rings. The maximum Gasteiger partial charge on any atom is 0.191 e. The third-order valence-electron chi connectivity index (χ3n) is 5.85. The molecule has 1 aromatic rings. The first-order valence-corrected chi connectivity index (χ1v) is 11.2. The fourth-order valence-corrected chi connectivity index (χ4v) is 3.57. The zero-order chi connectivity index (χ0) is 20.5. The lowest BCUT2D eigenvalue weighted by atomic mass is 10.1. The number of unbranched alkanes of at least 4 members (excludes halogenated alkanes) is 1. The van der Waals surface area contributed by atoms with Gasteiger partial charge in [0.15, 0.2) is 5.96 Å². The summed E-state index contributed by atoms with van der Waals surface area (Å²) >= 11 is 0. The third kappa shape index (κ3) is 8.98. The standard InChI is InChI=1S/C23H39N5O.HI/c1-19-6-9-21(22(16-19)29-18-20-7-8-20)17-26-23(24-2)25-10-4-5-11-28-14-12-27(3)13-15-28;/h6,9,16,20H,4-5,7-8,10-15,17-18H2,1-3H3,(H2,24,25,26);1H. The Kier molecular flexibility index (Phi) is 11.2. The number of guanidine groups is 1. The van der Waals surface area contributed by atoms with Gasteiger partial charge in [0.2, 0.25) is 0 Å². The maximum atomic E-state index is 6.08. The third-order valence-corrected chi connectivity index (χ3v) is 5.85. The van der Waals surface area contributed by atoms with Gasteiger partial charge in [0, 0.05) is 51.9 Å². The van der Waals surface area contributed by atoms with Crippen LogP contribution in [-0.2, 0) is 6.54 Å². The Labute approximate surface area is 199 Å². The molecule has 0 unspecified atom stereocenters. The van der Waals surface area contributed by atoms with E-state index in [0.29, 0.717) is 0 Å². The Morgan fingerprint density at radius 3 is 2.60 bits per heavy atom. The molecule has 0 atom stereocenters. The zero-order valence-electron chi connectivity index (χ0n) is 19.0. The van der Waals surface area contributed by atoms with Crippen molar-refractivity contribution < 1.29 is 4.74 Å². The summed E-state index contributed by atoms with van der Waals surface area (Å²) in [5.41, 5.74) is 2.43. The SMILES string of the molecule is CN=C(NCCCCN1CCN(C)CC1)NCc1ccc(C)cc1OCC1CC1.I. The Hall–Kier alpha value is -1.06. The molecule has 6 nitrogen and oxygen atoms in total. The van der Waals surface area contributed by atoms with Crippen molar-refractivity contribution in [1.29, 1.82) is 0 Å². The molecule has 0 amide bonds. The molecule has 2 fully saturated rings. The number of aryl methyl sites for hydroxylation is 1. The fourth-order valence-electron chi connectivity index (χ4n) is 3.57. The van der Waals surface area contributed by atoms with Crippen LogP contribution in [0.1, 0.15) is 36.8 Å². The number of nitrogens with zero attached hydrogens (tertiary/aromatic N) is 3. The summed E-state index contributed by atoms with van der Waals surface area (Å²) in [6.07, 6.45) is 5.01. The lowest BCUT2D eigenvalue weighted by Gasteiger charge is -2.32. The number of likely N-dealkylation sites (N-methyl/N-ethyl adjacent to an activating group) is 1. The molecule has 7 heteroatoms. The number of hydrogen-bond acceptors (Lipinski definition) is 4. The Morgan fingerprint density at radius 2 is 1.90 bits per heavy atom. The molecule has 170 valence electrons. The van der Waals surface area contributed by atoms with Gasteiger partial charge in [-0.1, -0.05) is 12.1 Å². The lowest BCUT2D eigenvalue weighted by Crippen LogP contribution is -2.44. The molecule has 0 spiro atoms. The first-order valence-electron chi connectivity index (χ1n) is 11.2. The van der Waals surface area contributed by atoms with Crippen LogP contribution in [0.4, 0.5) is 0 Å². The van der Waals surface area contributed by atoms with Gasteiger partial charge >= 0.3 is 0 Å². The maximum absolute atomic E-state index is 6.08. The second-order valence-electron chi connectivity index (χ2n) is 8.57. The number of nitrogens with one attached hydrogen (secondary N) is 2. The first-order chi connectivity index (χ1) is 14.1.